The summed E-state index contributed by atoms with van der Waals surface area (Å²) in [5, 5.41) is 4.10. The van der Waals surface area contributed by atoms with Crippen molar-refractivity contribution in [3.63, 3.8) is 0 Å². The monoisotopic (exact) mass is 464 g/mol. The van der Waals surface area contributed by atoms with Crippen LogP contribution in [0.25, 0.3) is 11.1 Å². The van der Waals surface area contributed by atoms with Crippen molar-refractivity contribution in [3.05, 3.63) is 36.2 Å². The van der Waals surface area contributed by atoms with Crippen molar-refractivity contribution < 1.29 is 18.1 Å². The topological polar surface area (TPSA) is 36.3 Å². The number of halogens is 3. The van der Waals surface area contributed by atoms with Crippen LogP contribution in [0, 0.1) is 11.6 Å². The smallest absolute Gasteiger partial charge is 0.399 e. The van der Waals surface area contributed by atoms with E-state index in [-0.39, 0.29) is 11.0 Å². The van der Waals surface area contributed by atoms with Crippen LogP contribution in [-0.4, -0.2) is 27.9 Å². The Morgan fingerprint density at radius 3 is 2.29 bits per heavy atom. The minimum absolute atomic E-state index is 0.0676. The van der Waals surface area contributed by atoms with Gasteiger partial charge in [0, 0.05) is 22.8 Å². The Hall–Kier alpha value is -0.565. The standard InChI is InChI=1S/C15H17BF2IN2O2P/c1-14(2)15(3,4)23-16(22-14)11-6-5-10(12(17)13(11)18)9-7-20-21(8-9)24-19/h5-8,24H,1-4H3. The second kappa shape index (κ2) is 6.30. The Morgan fingerprint density at radius 1 is 1.12 bits per heavy atom. The molecule has 1 saturated heterocycles. The van der Waals surface area contributed by atoms with E-state index in [4.69, 9.17) is 9.31 Å². The molecular formula is C15H17BF2IN2O2P. The summed E-state index contributed by atoms with van der Waals surface area (Å²) in [5.74, 6) is -1.87. The highest BCUT2D eigenvalue weighted by atomic mass is 127. The van der Waals surface area contributed by atoms with E-state index in [1.807, 2.05) is 27.7 Å². The average Bonchev–Trinajstić information content (AvgIpc) is 3.04. The predicted molar refractivity (Wildman–Crippen MR) is 101 cm³/mol. The zero-order valence-electron chi connectivity index (χ0n) is 13.7. The maximum atomic E-state index is 14.6. The van der Waals surface area contributed by atoms with Gasteiger partial charge in [-0.25, -0.2) is 13.2 Å². The summed E-state index contributed by atoms with van der Waals surface area (Å²) in [6, 6.07) is 3.05. The van der Waals surface area contributed by atoms with Gasteiger partial charge in [-0.05, 0) is 49.7 Å². The Bertz CT molecular complexity index is 769. The van der Waals surface area contributed by atoms with Crippen LogP contribution in [0.3, 0.4) is 0 Å². The molecule has 1 aromatic carbocycles. The van der Waals surface area contributed by atoms with E-state index in [0.29, 0.717) is 11.9 Å². The molecule has 128 valence electrons. The fourth-order valence-electron chi connectivity index (χ4n) is 2.45. The molecule has 1 fully saturated rings. The van der Waals surface area contributed by atoms with Crippen molar-refractivity contribution in [2.75, 3.05) is 0 Å². The number of benzene rings is 1. The molecule has 0 amide bonds. The van der Waals surface area contributed by atoms with E-state index >= 15 is 0 Å². The summed E-state index contributed by atoms with van der Waals surface area (Å²) in [4.78, 5) is 0. The van der Waals surface area contributed by atoms with Gasteiger partial charge in [0.25, 0.3) is 0 Å². The molecular weight excluding hydrogens is 447 g/mol. The summed E-state index contributed by atoms with van der Waals surface area (Å²) in [7, 11) is -0.933. The van der Waals surface area contributed by atoms with E-state index in [2.05, 4.69) is 27.1 Å². The van der Waals surface area contributed by atoms with Gasteiger partial charge in [0.2, 0.25) is 0 Å². The van der Waals surface area contributed by atoms with Crippen LogP contribution < -0.4 is 5.46 Å². The summed E-state index contributed by atoms with van der Waals surface area (Å²) in [6.45, 7) is 7.48. The van der Waals surface area contributed by atoms with Crippen molar-refractivity contribution >= 4 is 41.0 Å². The third kappa shape index (κ3) is 3.02. The number of nitrogens with zero attached hydrogens (tertiary/aromatic N) is 2. The van der Waals surface area contributed by atoms with Crippen molar-refractivity contribution in [3.8, 4) is 11.1 Å². The van der Waals surface area contributed by atoms with Gasteiger partial charge in [0.1, 0.15) is 0 Å². The molecule has 1 atom stereocenters. The van der Waals surface area contributed by atoms with E-state index < -0.39 is 30.0 Å². The lowest BCUT2D eigenvalue weighted by Crippen LogP contribution is -2.41. The largest absolute Gasteiger partial charge is 0.497 e. The van der Waals surface area contributed by atoms with Gasteiger partial charge in [-0.15, -0.1) is 0 Å². The highest BCUT2D eigenvalue weighted by Crippen LogP contribution is 2.37. The lowest BCUT2D eigenvalue weighted by Gasteiger charge is -2.32. The first-order valence-corrected chi connectivity index (χ1v) is 11.5. The van der Waals surface area contributed by atoms with E-state index in [1.54, 1.807) is 10.6 Å². The van der Waals surface area contributed by atoms with Crippen molar-refractivity contribution in [1.82, 2.24) is 9.55 Å². The third-order valence-electron chi connectivity index (χ3n) is 4.60. The highest BCUT2D eigenvalue weighted by molar-refractivity contribution is 14.2. The van der Waals surface area contributed by atoms with Gasteiger partial charge in [-0.1, -0.05) is 12.1 Å². The van der Waals surface area contributed by atoms with E-state index in [0.717, 1.165) is 0 Å². The van der Waals surface area contributed by atoms with Gasteiger partial charge < -0.3 is 9.31 Å². The van der Waals surface area contributed by atoms with Crippen LogP contribution in [0.15, 0.2) is 24.5 Å². The Labute approximate surface area is 154 Å². The molecule has 4 nitrogen and oxygen atoms in total. The van der Waals surface area contributed by atoms with E-state index in [1.165, 1.54) is 18.3 Å². The molecule has 24 heavy (non-hydrogen) atoms. The lowest BCUT2D eigenvalue weighted by molar-refractivity contribution is 0.00578. The molecule has 0 spiro atoms. The molecule has 0 aliphatic carbocycles. The molecule has 9 heteroatoms. The fourth-order valence-corrected chi connectivity index (χ4v) is 3.53. The van der Waals surface area contributed by atoms with Crippen molar-refractivity contribution in [1.29, 1.82) is 0 Å². The number of hydrogen-bond acceptors (Lipinski definition) is 3. The summed E-state index contributed by atoms with van der Waals surface area (Å²) in [5.41, 5.74) is -0.439. The quantitative estimate of drug-likeness (QED) is 0.393. The maximum absolute atomic E-state index is 14.6. The number of aromatic nitrogens is 2. The van der Waals surface area contributed by atoms with Crippen LogP contribution >= 0.6 is 28.4 Å². The molecule has 0 saturated carbocycles. The minimum Gasteiger partial charge on any atom is -0.399 e. The Kier molecular flexibility index (Phi) is 4.79. The van der Waals surface area contributed by atoms with Crippen LogP contribution in [0.5, 0.6) is 0 Å². The molecule has 1 unspecified atom stereocenters. The van der Waals surface area contributed by atoms with Crippen LogP contribution in [0.1, 0.15) is 27.7 Å². The number of rotatable bonds is 3. The zero-order chi connectivity index (χ0) is 17.7. The van der Waals surface area contributed by atoms with Gasteiger partial charge in [-0.3, -0.25) is 0 Å². The van der Waals surface area contributed by atoms with E-state index in [9.17, 15) is 8.78 Å². The minimum atomic E-state index is -0.948. The summed E-state index contributed by atoms with van der Waals surface area (Å²) < 4.78 is 42.5. The second-order valence-corrected chi connectivity index (χ2v) is 8.75. The average molecular weight is 464 g/mol. The molecule has 0 N–H and O–H groups in total. The van der Waals surface area contributed by atoms with Crippen molar-refractivity contribution in [2.45, 2.75) is 38.9 Å². The third-order valence-corrected chi connectivity index (χ3v) is 6.50. The van der Waals surface area contributed by atoms with Crippen molar-refractivity contribution in [2.24, 2.45) is 0 Å². The van der Waals surface area contributed by atoms with Gasteiger partial charge in [0.15, 0.2) is 11.6 Å². The first kappa shape index (κ1) is 18.2. The molecule has 2 aromatic rings. The summed E-state index contributed by atoms with van der Waals surface area (Å²) >= 11 is 2.17. The second-order valence-electron chi connectivity index (χ2n) is 6.68. The molecule has 1 aromatic heterocycles. The lowest BCUT2D eigenvalue weighted by atomic mass is 9.78. The molecule has 0 bridgehead atoms. The van der Waals surface area contributed by atoms with Crippen LogP contribution in [0.4, 0.5) is 8.78 Å². The molecule has 1 aliphatic rings. The SMILES string of the molecule is CC1(C)OB(c2ccc(-c3cnn(PI)c3)c(F)c2F)OC1(C)C. The molecule has 2 heterocycles. The van der Waals surface area contributed by atoms with Gasteiger partial charge in [0.05, 0.1) is 23.8 Å². The Balaban J connectivity index is 1.97. The summed E-state index contributed by atoms with van der Waals surface area (Å²) in [6.07, 6.45) is 3.62. The zero-order valence-corrected chi connectivity index (χ0v) is 16.9. The fraction of sp³-hybridized carbons (Fsp3) is 0.400. The first-order valence-electron chi connectivity index (χ1n) is 7.41. The highest BCUT2D eigenvalue weighted by Gasteiger charge is 2.52. The molecule has 3 rings (SSSR count). The normalized spacial score (nSPS) is 19.5. The predicted octanol–water partition coefficient (Wildman–Crippen LogP) is 3.92. The van der Waals surface area contributed by atoms with Gasteiger partial charge in [-0.2, -0.15) is 5.10 Å². The number of hydrogen-bond donors (Lipinski definition) is 0. The van der Waals surface area contributed by atoms with Crippen LogP contribution in [-0.2, 0) is 9.31 Å². The van der Waals surface area contributed by atoms with Gasteiger partial charge >= 0.3 is 7.12 Å². The first-order chi connectivity index (χ1) is 11.2. The molecule has 0 radical (unpaired) electrons. The van der Waals surface area contributed by atoms with Crippen LogP contribution in [0.2, 0.25) is 0 Å². The molecule has 1 aliphatic heterocycles. The maximum Gasteiger partial charge on any atom is 0.497 e. The Morgan fingerprint density at radius 2 is 1.75 bits per heavy atom.